The van der Waals surface area contributed by atoms with Gasteiger partial charge in [0.1, 0.15) is 0 Å². The molecule has 2 aliphatic rings. The predicted octanol–water partition coefficient (Wildman–Crippen LogP) is 3.71. The van der Waals surface area contributed by atoms with Gasteiger partial charge in [-0.25, -0.2) is 9.79 Å². The minimum absolute atomic E-state index is 0.0584. The Morgan fingerprint density at radius 1 is 1.14 bits per heavy atom. The molecule has 11 nitrogen and oxygen atoms in total. The zero-order valence-electron chi connectivity index (χ0n) is 23.9. The molecule has 3 heterocycles. The van der Waals surface area contributed by atoms with Crippen LogP contribution in [0.25, 0.3) is 6.08 Å². The third-order valence-corrected chi connectivity index (χ3v) is 8.26. The van der Waals surface area contributed by atoms with Gasteiger partial charge in [-0.2, -0.15) is 0 Å². The van der Waals surface area contributed by atoms with Gasteiger partial charge in [0, 0.05) is 36.5 Å². The Hall–Kier alpha value is -4.45. The molecule has 0 saturated carbocycles. The van der Waals surface area contributed by atoms with Crippen LogP contribution in [-0.2, 0) is 9.53 Å². The summed E-state index contributed by atoms with van der Waals surface area (Å²) < 4.78 is 18.5. The highest BCUT2D eigenvalue weighted by molar-refractivity contribution is 7.07. The van der Waals surface area contributed by atoms with E-state index < -0.39 is 16.9 Å². The first-order valence-electron chi connectivity index (χ1n) is 13.8. The number of carbonyl (C=O) groups is 1. The minimum Gasteiger partial charge on any atom is -0.493 e. The summed E-state index contributed by atoms with van der Waals surface area (Å²) in [5.41, 5.74) is 2.29. The Balaban J connectivity index is 1.73. The Bertz CT molecular complexity index is 1750. The van der Waals surface area contributed by atoms with Crippen LogP contribution in [-0.4, -0.2) is 48.9 Å². The van der Waals surface area contributed by atoms with Gasteiger partial charge in [-0.05, 0) is 63.5 Å². The van der Waals surface area contributed by atoms with Crippen molar-refractivity contribution in [3.63, 3.8) is 0 Å². The number of nitrogens with zero attached hydrogens (tertiary/aromatic N) is 4. The van der Waals surface area contributed by atoms with E-state index in [4.69, 9.17) is 14.2 Å². The number of esters is 1. The molecule has 42 heavy (non-hydrogen) atoms. The predicted molar refractivity (Wildman–Crippen MR) is 159 cm³/mol. The second-order valence-corrected chi connectivity index (χ2v) is 10.8. The maximum Gasteiger partial charge on any atom is 0.338 e. The lowest BCUT2D eigenvalue weighted by Crippen LogP contribution is -2.40. The van der Waals surface area contributed by atoms with Crippen molar-refractivity contribution >= 4 is 34.8 Å². The number of benzene rings is 2. The molecule has 12 heteroatoms. The quantitative estimate of drug-likeness (QED) is 0.209. The number of non-ortho nitro benzene ring substituents is 1. The van der Waals surface area contributed by atoms with E-state index in [0.717, 1.165) is 31.6 Å². The van der Waals surface area contributed by atoms with Crippen LogP contribution >= 0.6 is 11.3 Å². The van der Waals surface area contributed by atoms with E-state index in [1.165, 1.54) is 28.0 Å². The summed E-state index contributed by atoms with van der Waals surface area (Å²) in [7, 11) is 1.54. The molecule has 0 amide bonds. The summed E-state index contributed by atoms with van der Waals surface area (Å²) in [4.78, 5) is 45.7. The molecule has 220 valence electrons. The van der Waals surface area contributed by atoms with Crippen LogP contribution in [0.3, 0.4) is 0 Å². The number of rotatable bonds is 9. The van der Waals surface area contributed by atoms with Crippen molar-refractivity contribution in [1.29, 1.82) is 0 Å². The number of ether oxygens (including phenoxy) is 3. The molecular formula is C30H32N4O7S. The zero-order valence-corrected chi connectivity index (χ0v) is 24.7. The maximum absolute atomic E-state index is 14.1. The van der Waals surface area contributed by atoms with Crippen LogP contribution in [0.15, 0.2) is 57.5 Å². The monoisotopic (exact) mass is 592 g/mol. The SMILES string of the molecule is CCOC(=O)C1=C(C)N=c2sc(=Cc3cc([N+](=O)[O-])ccc3N3CCCC3)c(=O)n2[C@@H]1c1ccc(OC)c(OCC)c1. The number of fused-ring (bicyclic) bond motifs is 1. The number of thiazole rings is 1. The second-order valence-electron chi connectivity index (χ2n) is 9.84. The molecular weight excluding hydrogens is 560 g/mol. The third-order valence-electron chi connectivity index (χ3n) is 7.28. The molecule has 0 bridgehead atoms. The molecule has 2 aliphatic heterocycles. The Kier molecular flexibility index (Phi) is 8.44. The fourth-order valence-corrected chi connectivity index (χ4v) is 6.43. The Morgan fingerprint density at radius 2 is 1.90 bits per heavy atom. The number of aromatic nitrogens is 1. The van der Waals surface area contributed by atoms with Crippen LogP contribution in [0, 0.1) is 10.1 Å². The summed E-state index contributed by atoms with van der Waals surface area (Å²) in [6.07, 6.45) is 3.74. The average Bonchev–Trinajstić information content (AvgIpc) is 3.61. The van der Waals surface area contributed by atoms with E-state index in [1.807, 2.05) is 6.92 Å². The summed E-state index contributed by atoms with van der Waals surface area (Å²) in [6.45, 7) is 7.51. The molecule has 0 spiro atoms. The van der Waals surface area contributed by atoms with Gasteiger partial charge in [0.2, 0.25) is 0 Å². The summed E-state index contributed by atoms with van der Waals surface area (Å²) >= 11 is 1.17. The molecule has 1 atom stereocenters. The van der Waals surface area contributed by atoms with Crippen molar-refractivity contribution in [3.8, 4) is 11.5 Å². The number of methoxy groups -OCH3 is 1. The number of carbonyl (C=O) groups excluding carboxylic acids is 1. The molecule has 0 unspecified atom stereocenters. The molecule has 1 saturated heterocycles. The summed E-state index contributed by atoms with van der Waals surface area (Å²) in [5.74, 6) is 0.428. The molecule has 1 aromatic heterocycles. The van der Waals surface area contributed by atoms with Crippen LogP contribution in [0.2, 0.25) is 0 Å². The number of nitro groups is 1. The van der Waals surface area contributed by atoms with Crippen LogP contribution in [0.5, 0.6) is 11.5 Å². The highest BCUT2D eigenvalue weighted by atomic mass is 32.1. The molecule has 2 aromatic carbocycles. The van der Waals surface area contributed by atoms with Crippen molar-refractivity contribution in [1.82, 2.24) is 4.57 Å². The molecule has 0 radical (unpaired) electrons. The maximum atomic E-state index is 14.1. The van der Waals surface area contributed by atoms with Gasteiger partial charge in [-0.1, -0.05) is 17.4 Å². The number of hydrogen-bond acceptors (Lipinski definition) is 10. The fraction of sp³-hybridized carbons (Fsp3) is 0.367. The first-order valence-corrected chi connectivity index (χ1v) is 14.6. The van der Waals surface area contributed by atoms with E-state index in [-0.39, 0.29) is 23.4 Å². The molecule has 5 rings (SSSR count). The van der Waals surface area contributed by atoms with Crippen molar-refractivity contribution in [2.24, 2.45) is 4.99 Å². The smallest absolute Gasteiger partial charge is 0.338 e. The summed E-state index contributed by atoms with van der Waals surface area (Å²) in [6, 6.07) is 9.17. The highest BCUT2D eigenvalue weighted by Gasteiger charge is 2.34. The largest absolute Gasteiger partial charge is 0.493 e. The first kappa shape index (κ1) is 29.1. The van der Waals surface area contributed by atoms with Gasteiger partial charge in [-0.3, -0.25) is 19.5 Å². The molecule has 0 N–H and O–H groups in total. The van der Waals surface area contributed by atoms with Gasteiger partial charge in [0.25, 0.3) is 11.2 Å². The van der Waals surface area contributed by atoms with Crippen molar-refractivity contribution in [2.75, 3.05) is 38.3 Å². The Morgan fingerprint density at radius 3 is 2.57 bits per heavy atom. The number of allylic oxidation sites excluding steroid dienone is 1. The van der Waals surface area contributed by atoms with E-state index in [2.05, 4.69) is 9.89 Å². The third kappa shape index (κ3) is 5.41. The first-order chi connectivity index (χ1) is 20.3. The minimum atomic E-state index is -0.837. The van der Waals surface area contributed by atoms with Crippen molar-refractivity contribution in [3.05, 3.63) is 88.6 Å². The van der Waals surface area contributed by atoms with E-state index in [1.54, 1.807) is 51.3 Å². The highest BCUT2D eigenvalue weighted by Crippen LogP contribution is 2.36. The normalized spacial score (nSPS) is 16.7. The number of anilines is 1. The zero-order chi connectivity index (χ0) is 30.0. The van der Waals surface area contributed by atoms with Crippen molar-refractivity contribution < 1.29 is 23.9 Å². The van der Waals surface area contributed by atoms with Gasteiger partial charge in [0.05, 0.1) is 47.1 Å². The van der Waals surface area contributed by atoms with E-state index in [0.29, 0.717) is 44.3 Å². The van der Waals surface area contributed by atoms with Crippen molar-refractivity contribution in [2.45, 2.75) is 39.7 Å². The lowest BCUT2D eigenvalue weighted by Gasteiger charge is -2.25. The molecule has 1 fully saturated rings. The fourth-order valence-electron chi connectivity index (χ4n) is 5.40. The standard InChI is InChI=1S/C30H32N4O7S/c1-5-40-24-16-19(9-12-23(24)39-4)27-26(29(36)41-6-2)18(3)31-30-33(27)28(35)25(42-30)17-20-15-21(34(37)38)10-11-22(20)32-13-7-8-14-32/h9-12,15-17,27H,5-8,13-14H2,1-4H3/t27-/m1/s1. The van der Waals surface area contributed by atoms with Crippen LogP contribution in [0.4, 0.5) is 11.4 Å². The average molecular weight is 593 g/mol. The number of nitro benzene ring substituents is 1. The Labute approximate surface area is 246 Å². The van der Waals surface area contributed by atoms with Crippen LogP contribution in [0.1, 0.15) is 50.8 Å². The van der Waals surface area contributed by atoms with Gasteiger partial charge < -0.3 is 19.1 Å². The molecule has 3 aromatic rings. The van der Waals surface area contributed by atoms with Gasteiger partial charge in [0.15, 0.2) is 16.3 Å². The van der Waals surface area contributed by atoms with Gasteiger partial charge >= 0.3 is 5.97 Å². The lowest BCUT2D eigenvalue weighted by molar-refractivity contribution is -0.384. The topological polar surface area (TPSA) is 126 Å². The molecule has 0 aliphatic carbocycles. The van der Waals surface area contributed by atoms with Crippen LogP contribution < -0.4 is 29.3 Å². The number of hydrogen-bond donors (Lipinski definition) is 0. The summed E-state index contributed by atoms with van der Waals surface area (Å²) in [5, 5.41) is 11.6. The van der Waals surface area contributed by atoms with Gasteiger partial charge in [-0.15, -0.1) is 0 Å². The lowest BCUT2D eigenvalue weighted by atomic mass is 9.95. The van der Waals surface area contributed by atoms with E-state index >= 15 is 0 Å². The second kappa shape index (κ2) is 12.2. The van der Waals surface area contributed by atoms with E-state index in [9.17, 15) is 19.7 Å².